The van der Waals surface area contributed by atoms with Crippen LogP contribution in [0.1, 0.15) is 32.1 Å². The number of halogens is 1. The lowest BCUT2D eigenvalue weighted by molar-refractivity contribution is 0.0569. The molecule has 1 aromatic rings. The van der Waals surface area contributed by atoms with Crippen molar-refractivity contribution in [2.24, 2.45) is 11.3 Å². The first kappa shape index (κ1) is 13.1. The number of hydrogen-bond donors (Lipinski definition) is 2. The maximum atomic E-state index is 12.9. The molecule has 1 aromatic carbocycles. The van der Waals surface area contributed by atoms with E-state index in [0.29, 0.717) is 5.92 Å². The van der Waals surface area contributed by atoms with Crippen LogP contribution in [0.4, 0.5) is 10.1 Å². The fourth-order valence-corrected chi connectivity index (χ4v) is 4.08. The molecule has 2 unspecified atom stereocenters. The third-order valence-electron chi connectivity index (χ3n) is 5.31. The normalized spacial score (nSPS) is 31.4. The SMILES string of the molecule is OC1CCC2=CC(Nc3ccc(F)cc3)=CCC21C1CC1. The van der Waals surface area contributed by atoms with Crippen molar-refractivity contribution in [3.63, 3.8) is 0 Å². The average molecular weight is 285 g/mol. The zero-order valence-corrected chi connectivity index (χ0v) is 12.0. The third-order valence-corrected chi connectivity index (χ3v) is 5.31. The van der Waals surface area contributed by atoms with Crippen LogP contribution in [0.25, 0.3) is 0 Å². The van der Waals surface area contributed by atoms with Gasteiger partial charge >= 0.3 is 0 Å². The molecular formula is C18H20FNO. The van der Waals surface area contributed by atoms with E-state index in [1.165, 1.54) is 30.5 Å². The molecule has 2 fully saturated rings. The summed E-state index contributed by atoms with van der Waals surface area (Å²) in [5, 5.41) is 13.8. The number of nitrogens with one attached hydrogen (secondary N) is 1. The minimum Gasteiger partial charge on any atom is -0.392 e. The molecule has 0 heterocycles. The number of anilines is 1. The Morgan fingerprint density at radius 3 is 2.62 bits per heavy atom. The van der Waals surface area contributed by atoms with Gasteiger partial charge in [-0.1, -0.05) is 11.6 Å². The molecule has 0 amide bonds. The zero-order chi connectivity index (χ0) is 14.4. The fourth-order valence-electron chi connectivity index (χ4n) is 4.08. The summed E-state index contributed by atoms with van der Waals surface area (Å²) in [5.41, 5.74) is 3.40. The van der Waals surface area contributed by atoms with Gasteiger partial charge in [0, 0.05) is 16.8 Å². The van der Waals surface area contributed by atoms with Crippen molar-refractivity contribution in [3.8, 4) is 0 Å². The number of allylic oxidation sites excluding steroid dienone is 2. The monoisotopic (exact) mass is 285 g/mol. The van der Waals surface area contributed by atoms with E-state index in [1.807, 2.05) is 0 Å². The van der Waals surface area contributed by atoms with Crippen LogP contribution in [0.3, 0.4) is 0 Å². The van der Waals surface area contributed by atoms with Gasteiger partial charge in [-0.15, -0.1) is 0 Å². The highest BCUT2D eigenvalue weighted by Gasteiger charge is 2.55. The zero-order valence-electron chi connectivity index (χ0n) is 12.0. The summed E-state index contributed by atoms with van der Waals surface area (Å²) in [7, 11) is 0. The van der Waals surface area contributed by atoms with Gasteiger partial charge in [0.15, 0.2) is 0 Å². The average Bonchev–Trinajstić information content (AvgIpc) is 3.28. The molecule has 2 N–H and O–H groups in total. The van der Waals surface area contributed by atoms with Crippen molar-refractivity contribution in [1.82, 2.24) is 0 Å². The van der Waals surface area contributed by atoms with E-state index in [2.05, 4.69) is 17.5 Å². The van der Waals surface area contributed by atoms with Gasteiger partial charge < -0.3 is 10.4 Å². The molecule has 2 nitrogen and oxygen atoms in total. The lowest BCUT2D eigenvalue weighted by atomic mass is 9.70. The van der Waals surface area contributed by atoms with Crippen molar-refractivity contribution >= 4 is 5.69 Å². The Morgan fingerprint density at radius 1 is 1.14 bits per heavy atom. The Hall–Kier alpha value is -1.61. The van der Waals surface area contributed by atoms with Crippen LogP contribution in [0.15, 0.2) is 47.7 Å². The second kappa shape index (κ2) is 4.70. The van der Waals surface area contributed by atoms with Crippen molar-refractivity contribution in [3.05, 3.63) is 53.5 Å². The van der Waals surface area contributed by atoms with Crippen LogP contribution < -0.4 is 5.32 Å². The Kier molecular flexibility index (Phi) is 2.93. The number of hydrogen-bond acceptors (Lipinski definition) is 2. The lowest BCUT2D eigenvalue weighted by Crippen LogP contribution is -2.35. The Morgan fingerprint density at radius 2 is 1.90 bits per heavy atom. The van der Waals surface area contributed by atoms with E-state index >= 15 is 0 Å². The van der Waals surface area contributed by atoms with Gasteiger partial charge in [0.1, 0.15) is 5.82 Å². The van der Waals surface area contributed by atoms with Crippen molar-refractivity contribution in [2.75, 3.05) is 5.32 Å². The van der Waals surface area contributed by atoms with E-state index in [1.54, 1.807) is 12.1 Å². The molecule has 2 atom stereocenters. The predicted octanol–water partition coefficient (Wildman–Crippen LogP) is 4.00. The van der Waals surface area contributed by atoms with E-state index in [0.717, 1.165) is 30.6 Å². The van der Waals surface area contributed by atoms with E-state index < -0.39 is 0 Å². The summed E-state index contributed by atoms with van der Waals surface area (Å²) < 4.78 is 12.9. The molecule has 21 heavy (non-hydrogen) atoms. The van der Waals surface area contributed by atoms with Gasteiger partial charge in [-0.3, -0.25) is 0 Å². The van der Waals surface area contributed by atoms with Crippen LogP contribution in [0, 0.1) is 17.2 Å². The van der Waals surface area contributed by atoms with Crippen LogP contribution in [-0.2, 0) is 0 Å². The second-order valence-corrected chi connectivity index (χ2v) is 6.53. The topological polar surface area (TPSA) is 32.3 Å². The number of aliphatic hydroxyl groups is 1. The van der Waals surface area contributed by atoms with Gasteiger partial charge in [-0.25, -0.2) is 4.39 Å². The molecule has 0 aromatic heterocycles. The van der Waals surface area contributed by atoms with Crippen molar-refractivity contribution in [2.45, 2.75) is 38.2 Å². The van der Waals surface area contributed by atoms with E-state index in [-0.39, 0.29) is 17.3 Å². The third kappa shape index (κ3) is 2.11. The number of fused-ring (bicyclic) bond motifs is 1. The van der Waals surface area contributed by atoms with Gasteiger partial charge in [0.2, 0.25) is 0 Å². The molecule has 0 saturated heterocycles. The molecule has 4 rings (SSSR count). The first-order valence-corrected chi connectivity index (χ1v) is 7.80. The van der Waals surface area contributed by atoms with Crippen LogP contribution in [0.5, 0.6) is 0 Å². The highest BCUT2D eigenvalue weighted by molar-refractivity contribution is 5.53. The first-order valence-electron chi connectivity index (χ1n) is 7.80. The van der Waals surface area contributed by atoms with Gasteiger partial charge in [0.05, 0.1) is 6.10 Å². The molecule has 0 aliphatic heterocycles. The second-order valence-electron chi connectivity index (χ2n) is 6.53. The van der Waals surface area contributed by atoms with E-state index in [9.17, 15) is 9.50 Å². The van der Waals surface area contributed by atoms with Crippen LogP contribution in [-0.4, -0.2) is 11.2 Å². The molecule has 0 radical (unpaired) electrons. The fraction of sp³-hybridized carbons (Fsp3) is 0.444. The Bertz CT molecular complexity index is 615. The summed E-state index contributed by atoms with van der Waals surface area (Å²) >= 11 is 0. The molecule has 2 saturated carbocycles. The number of rotatable bonds is 3. The summed E-state index contributed by atoms with van der Waals surface area (Å²) in [5.74, 6) is 0.452. The van der Waals surface area contributed by atoms with Crippen molar-refractivity contribution in [1.29, 1.82) is 0 Å². The first-order chi connectivity index (χ1) is 10.2. The van der Waals surface area contributed by atoms with Gasteiger partial charge in [-0.2, -0.15) is 0 Å². The Labute approximate surface area is 124 Å². The summed E-state index contributed by atoms with van der Waals surface area (Å²) in [6.45, 7) is 0. The maximum Gasteiger partial charge on any atom is 0.123 e. The Balaban J connectivity index is 1.57. The smallest absolute Gasteiger partial charge is 0.123 e. The molecule has 3 aliphatic carbocycles. The molecule has 3 aliphatic rings. The van der Waals surface area contributed by atoms with Gasteiger partial charge in [-0.05, 0) is 68.4 Å². The molecule has 3 heteroatoms. The summed E-state index contributed by atoms with van der Waals surface area (Å²) in [6.07, 6.45) is 9.54. The van der Waals surface area contributed by atoms with E-state index in [4.69, 9.17) is 0 Å². The standard InChI is InChI=1S/C18H20FNO/c19-14-4-6-15(7-5-14)20-16-9-10-18(12-1-2-12)13(11-16)3-8-17(18)21/h4-7,9,11-12,17,20-21H,1-3,8,10H2. The largest absolute Gasteiger partial charge is 0.392 e. The minimum atomic E-state index is -0.219. The highest BCUT2D eigenvalue weighted by atomic mass is 19.1. The van der Waals surface area contributed by atoms with Crippen LogP contribution in [0.2, 0.25) is 0 Å². The number of benzene rings is 1. The quantitative estimate of drug-likeness (QED) is 0.879. The summed E-state index contributed by atoms with van der Waals surface area (Å²) in [4.78, 5) is 0. The number of aliphatic hydroxyl groups excluding tert-OH is 1. The summed E-state index contributed by atoms with van der Waals surface area (Å²) in [6, 6.07) is 6.43. The molecule has 110 valence electrons. The predicted molar refractivity (Wildman–Crippen MR) is 81.2 cm³/mol. The molecular weight excluding hydrogens is 265 g/mol. The minimum absolute atomic E-state index is 0.0218. The molecule has 0 bridgehead atoms. The maximum absolute atomic E-state index is 12.9. The highest BCUT2D eigenvalue weighted by Crippen LogP contribution is 2.61. The van der Waals surface area contributed by atoms with Crippen LogP contribution >= 0.6 is 0 Å². The molecule has 0 spiro atoms. The van der Waals surface area contributed by atoms with Crippen molar-refractivity contribution < 1.29 is 9.50 Å². The van der Waals surface area contributed by atoms with Gasteiger partial charge in [0.25, 0.3) is 0 Å². The lowest BCUT2D eigenvalue weighted by Gasteiger charge is -2.36.